The molecule has 0 fully saturated rings. The third kappa shape index (κ3) is 4.57. The van der Waals surface area contributed by atoms with Gasteiger partial charge in [0.15, 0.2) is 0 Å². The molecule has 2 unspecified atom stereocenters. The average molecular weight is 309 g/mol. The summed E-state index contributed by atoms with van der Waals surface area (Å²) in [6.45, 7) is 4.20. The molecule has 2 heterocycles. The molecule has 2 rings (SSSR count). The van der Waals surface area contributed by atoms with Gasteiger partial charge in [0, 0.05) is 17.3 Å². The number of nitrogens with zero attached hydrogens (tertiary/aromatic N) is 1. The molecule has 114 valence electrons. The number of amides is 2. The van der Waals surface area contributed by atoms with Crippen LogP contribution in [0.1, 0.15) is 35.8 Å². The Labute approximate surface area is 127 Å². The number of hydrogen-bond donors (Lipinski definition) is 3. The predicted octanol–water partition coefficient (Wildman–Crippen LogP) is 2.36. The van der Waals surface area contributed by atoms with E-state index in [2.05, 4.69) is 15.6 Å². The molecule has 0 radical (unpaired) electrons. The Balaban J connectivity index is 1.73. The smallest absolute Gasteiger partial charge is 0.315 e. The first kappa shape index (κ1) is 15.5. The minimum atomic E-state index is -0.723. The molecule has 0 saturated carbocycles. The van der Waals surface area contributed by atoms with Crippen LogP contribution in [0.5, 0.6) is 0 Å². The molecule has 0 aliphatic heterocycles. The maximum atomic E-state index is 11.8. The van der Waals surface area contributed by atoms with Crippen LogP contribution in [0, 0.1) is 6.92 Å². The Hall–Kier alpha value is -1.86. The molecule has 2 aromatic rings. The van der Waals surface area contributed by atoms with Crippen molar-refractivity contribution in [2.75, 3.05) is 0 Å². The van der Waals surface area contributed by atoms with Crippen molar-refractivity contribution in [1.82, 2.24) is 15.6 Å². The van der Waals surface area contributed by atoms with Crippen LogP contribution in [0.15, 0.2) is 28.3 Å². The van der Waals surface area contributed by atoms with E-state index in [9.17, 15) is 9.90 Å². The van der Waals surface area contributed by atoms with Gasteiger partial charge in [0.2, 0.25) is 0 Å². The van der Waals surface area contributed by atoms with E-state index < -0.39 is 6.10 Å². The Bertz CT molecular complexity index is 568. The minimum absolute atomic E-state index is 0.173. The number of aryl methyl sites for hydroxylation is 1. The zero-order chi connectivity index (χ0) is 15.2. The lowest BCUT2D eigenvalue weighted by Gasteiger charge is -2.17. The largest absolute Gasteiger partial charge is 0.467 e. The van der Waals surface area contributed by atoms with Crippen molar-refractivity contribution in [2.45, 2.75) is 39.0 Å². The second kappa shape index (κ2) is 7.24. The van der Waals surface area contributed by atoms with Crippen LogP contribution < -0.4 is 10.6 Å². The first-order valence-corrected chi connectivity index (χ1v) is 7.59. The number of nitrogens with one attached hydrogen (secondary N) is 2. The van der Waals surface area contributed by atoms with E-state index in [-0.39, 0.29) is 12.1 Å². The molecule has 3 N–H and O–H groups in total. The molecule has 6 nitrogen and oxygen atoms in total. The van der Waals surface area contributed by atoms with Gasteiger partial charge in [0.25, 0.3) is 0 Å². The first-order chi connectivity index (χ1) is 10.1. The van der Waals surface area contributed by atoms with E-state index in [0.29, 0.717) is 18.7 Å². The molecule has 2 amide bonds. The summed E-state index contributed by atoms with van der Waals surface area (Å²) in [6.07, 6.45) is 1.18. The van der Waals surface area contributed by atoms with Gasteiger partial charge in [0.1, 0.15) is 11.9 Å². The lowest BCUT2D eigenvalue weighted by Crippen LogP contribution is -2.41. The first-order valence-electron chi connectivity index (χ1n) is 6.71. The summed E-state index contributed by atoms with van der Waals surface area (Å²) in [4.78, 5) is 16.9. The van der Waals surface area contributed by atoms with Gasteiger partial charge < -0.3 is 20.2 Å². The van der Waals surface area contributed by atoms with Crippen LogP contribution in [0.4, 0.5) is 4.79 Å². The van der Waals surface area contributed by atoms with Crippen molar-refractivity contribution in [1.29, 1.82) is 0 Å². The fourth-order valence-electron chi connectivity index (χ4n) is 1.92. The molecule has 0 bridgehead atoms. The van der Waals surface area contributed by atoms with Gasteiger partial charge in [0.05, 0.1) is 24.0 Å². The highest BCUT2D eigenvalue weighted by Gasteiger charge is 2.16. The fraction of sp³-hybridized carbons (Fsp3) is 0.429. The molecule has 7 heteroatoms. The maximum Gasteiger partial charge on any atom is 0.315 e. The van der Waals surface area contributed by atoms with E-state index in [0.717, 1.165) is 10.6 Å². The molecule has 0 aliphatic rings. The standard InChI is InChI=1S/C14H19N3O3S/c1-9(6-11(18)12-4-3-5-20-12)17-14(19)15-7-13-10(2)16-8-21-13/h3-5,8-9,11,18H,6-7H2,1-2H3,(H2,15,17,19). The summed E-state index contributed by atoms with van der Waals surface area (Å²) in [5.74, 6) is 0.504. The second-order valence-corrected chi connectivity index (χ2v) is 5.80. The highest BCUT2D eigenvalue weighted by atomic mass is 32.1. The molecule has 0 aromatic carbocycles. The van der Waals surface area contributed by atoms with Crippen molar-refractivity contribution >= 4 is 17.4 Å². The number of aliphatic hydroxyl groups excluding tert-OH is 1. The molecule has 21 heavy (non-hydrogen) atoms. The molecule has 0 saturated heterocycles. The molecular weight excluding hydrogens is 290 g/mol. The predicted molar refractivity (Wildman–Crippen MR) is 80.0 cm³/mol. The quantitative estimate of drug-likeness (QED) is 0.764. The monoisotopic (exact) mass is 309 g/mol. The van der Waals surface area contributed by atoms with Gasteiger partial charge in [-0.05, 0) is 26.0 Å². The van der Waals surface area contributed by atoms with Crippen LogP contribution in [-0.2, 0) is 6.54 Å². The molecule has 0 aliphatic carbocycles. The lowest BCUT2D eigenvalue weighted by molar-refractivity contribution is 0.129. The van der Waals surface area contributed by atoms with Crippen LogP contribution in [0.3, 0.4) is 0 Å². The molecule has 2 atom stereocenters. The minimum Gasteiger partial charge on any atom is -0.467 e. The number of aliphatic hydroxyl groups is 1. The van der Waals surface area contributed by atoms with Gasteiger partial charge in [-0.2, -0.15) is 0 Å². The zero-order valence-electron chi connectivity index (χ0n) is 12.0. The van der Waals surface area contributed by atoms with E-state index in [1.165, 1.54) is 17.6 Å². The number of rotatable bonds is 6. The summed E-state index contributed by atoms with van der Waals surface area (Å²) in [5, 5.41) is 15.5. The van der Waals surface area contributed by atoms with Gasteiger partial charge in [-0.1, -0.05) is 0 Å². The van der Waals surface area contributed by atoms with Gasteiger partial charge in [-0.25, -0.2) is 9.78 Å². The Morgan fingerprint density at radius 3 is 3.00 bits per heavy atom. The van der Waals surface area contributed by atoms with Crippen molar-refractivity contribution in [2.24, 2.45) is 0 Å². The van der Waals surface area contributed by atoms with Gasteiger partial charge in [-0.3, -0.25) is 0 Å². The number of carbonyl (C=O) groups excluding carboxylic acids is 1. The number of aromatic nitrogens is 1. The Morgan fingerprint density at radius 1 is 1.57 bits per heavy atom. The van der Waals surface area contributed by atoms with Crippen molar-refractivity contribution in [3.63, 3.8) is 0 Å². The highest BCUT2D eigenvalue weighted by molar-refractivity contribution is 7.09. The number of urea groups is 1. The van der Waals surface area contributed by atoms with Crippen molar-refractivity contribution in [3.8, 4) is 0 Å². The van der Waals surface area contributed by atoms with Crippen LogP contribution in [0.25, 0.3) is 0 Å². The van der Waals surface area contributed by atoms with Crippen LogP contribution >= 0.6 is 11.3 Å². The molecular formula is C14H19N3O3S. The topological polar surface area (TPSA) is 87.4 Å². The van der Waals surface area contributed by atoms with E-state index >= 15 is 0 Å². The Morgan fingerprint density at radius 2 is 2.38 bits per heavy atom. The summed E-state index contributed by atoms with van der Waals surface area (Å²) in [5.41, 5.74) is 2.69. The van der Waals surface area contributed by atoms with Gasteiger partial charge in [-0.15, -0.1) is 11.3 Å². The SMILES string of the molecule is Cc1ncsc1CNC(=O)NC(C)CC(O)c1ccco1. The summed E-state index contributed by atoms with van der Waals surface area (Å²) >= 11 is 1.51. The van der Waals surface area contributed by atoms with Crippen molar-refractivity contribution < 1.29 is 14.3 Å². The summed E-state index contributed by atoms with van der Waals surface area (Å²) in [7, 11) is 0. The second-order valence-electron chi connectivity index (χ2n) is 4.86. The summed E-state index contributed by atoms with van der Waals surface area (Å²) < 4.78 is 5.13. The average Bonchev–Trinajstić information content (AvgIpc) is 3.07. The number of hydrogen-bond acceptors (Lipinski definition) is 5. The summed E-state index contributed by atoms with van der Waals surface area (Å²) in [6, 6.07) is 3.00. The normalized spacial score (nSPS) is 13.7. The zero-order valence-corrected chi connectivity index (χ0v) is 12.8. The lowest BCUT2D eigenvalue weighted by atomic mass is 10.1. The van der Waals surface area contributed by atoms with E-state index in [4.69, 9.17) is 4.42 Å². The van der Waals surface area contributed by atoms with E-state index in [1.807, 2.05) is 13.8 Å². The molecule has 2 aromatic heterocycles. The van der Waals surface area contributed by atoms with Crippen LogP contribution in [0.2, 0.25) is 0 Å². The fourth-order valence-corrected chi connectivity index (χ4v) is 2.64. The van der Waals surface area contributed by atoms with Crippen LogP contribution in [-0.4, -0.2) is 22.2 Å². The van der Waals surface area contributed by atoms with Crippen molar-refractivity contribution in [3.05, 3.63) is 40.2 Å². The number of carbonyl (C=O) groups is 1. The van der Waals surface area contributed by atoms with Gasteiger partial charge >= 0.3 is 6.03 Å². The Kier molecular flexibility index (Phi) is 5.35. The maximum absolute atomic E-state index is 11.8. The highest BCUT2D eigenvalue weighted by Crippen LogP contribution is 2.18. The third-order valence-corrected chi connectivity index (χ3v) is 4.02. The number of furan rings is 1. The van der Waals surface area contributed by atoms with E-state index in [1.54, 1.807) is 17.6 Å². The number of thiazole rings is 1. The third-order valence-electron chi connectivity index (χ3n) is 3.08. The molecule has 0 spiro atoms.